The lowest BCUT2D eigenvalue weighted by molar-refractivity contribution is 0.0953. The van der Waals surface area contributed by atoms with E-state index in [2.05, 4.69) is 10.4 Å². The second-order valence-corrected chi connectivity index (χ2v) is 6.43. The second-order valence-electron chi connectivity index (χ2n) is 6.43. The molecule has 3 aromatic rings. The van der Waals surface area contributed by atoms with Crippen LogP contribution in [0.1, 0.15) is 28.0 Å². The monoisotopic (exact) mass is 394 g/mol. The van der Waals surface area contributed by atoms with Gasteiger partial charge in [-0.15, -0.1) is 0 Å². The average molecular weight is 394 g/mol. The zero-order valence-corrected chi connectivity index (χ0v) is 15.7. The number of nitrogen functional groups attached to an aromatic ring is 1. The summed E-state index contributed by atoms with van der Waals surface area (Å²) < 4.78 is 15.9. The van der Waals surface area contributed by atoms with E-state index in [4.69, 9.17) is 5.73 Å². The van der Waals surface area contributed by atoms with Crippen molar-refractivity contribution in [1.29, 1.82) is 5.26 Å². The minimum atomic E-state index is -0.382. The van der Waals surface area contributed by atoms with Crippen molar-refractivity contribution in [3.05, 3.63) is 75.6 Å². The van der Waals surface area contributed by atoms with Gasteiger partial charge in [0.2, 0.25) is 0 Å². The lowest BCUT2D eigenvalue weighted by Gasteiger charge is -2.05. The molecule has 3 N–H and O–H groups in total. The number of carbonyl (C=O) groups is 1. The number of nitrogens with zero attached hydrogens (tertiary/aromatic N) is 4. The highest BCUT2D eigenvalue weighted by Gasteiger charge is 2.16. The summed E-state index contributed by atoms with van der Waals surface area (Å²) in [5.41, 5.74) is 7.35. The first kappa shape index (κ1) is 19.8. The van der Waals surface area contributed by atoms with Crippen molar-refractivity contribution in [2.75, 3.05) is 12.3 Å². The van der Waals surface area contributed by atoms with Crippen LogP contribution >= 0.6 is 0 Å². The number of rotatable bonds is 6. The van der Waals surface area contributed by atoms with Crippen LogP contribution in [-0.2, 0) is 13.5 Å². The lowest BCUT2D eigenvalue weighted by atomic mass is 10.1. The summed E-state index contributed by atoms with van der Waals surface area (Å²) >= 11 is 0. The van der Waals surface area contributed by atoms with Crippen LogP contribution in [0, 0.1) is 17.1 Å². The molecule has 0 atom stereocenters. The van der Waals surface area contributed by atoms with Crippen molar-refractivity contribution in [2.24, 2.45) is 7.05 Å². The van der Waals surface area contributed by atoms with Gasteiger partial charge < -0.3 is 15.6 Å². The average Bonchev–Trinajstić information content (AvgIpc) is 3.03. The maximum absolute atomic E-state index is 13.1. The smallest absolute Gasteiger partial charge is 0.251 e. The lowest BCUT2D eigenvalue weighted by Crippen LogP contribution is -2.27. The van der Waals surface area contributed by atoms with E-state index in [0.717, 1.165) is 0 Å². The highest BCUT2D eigenvalue weighted by Crippen LogP contribution is 2.21. The van der Waals surface area contributed by atoms with Gasteiger partial charge in [0.25, 0.3) is 11.5 Å². The number of nitrogens with two attached hydrogens (primary N) is 1. The van der Waals surface area contributed by atoms with Crippen molar-refractivity contribution in [3.63, 3.8) is 0 Å². The summed E-state index contributed by atoms with van der Waals surface area (Å²) in [5, 5.41) is 16.5. The van der Waals surface area contributed by atoms with Gasteiger partial charge in [0.15, 0.2) is 0 Å². The van der Waals surface area contributed by atoms with Gasteiger partial charge in [-0.1, -0.05) is 0 Å². The highest BCUT2D eigenvalue weighted by molar-refractivity contribution is 5.93. The SMILES string of the molecule is Cn1ccc(C(=O)NCCCc2nn(-c3ccc(F)cc3)c(N)c2C#N)cc1=O. The molecule has 3 rings (SSSR count). The molecule has 0 saturated heterocycles. The molecular weight excluding hydrogens is 375 g/mol. The first-order valence-electron chi connectivity index (χ1n) is 8.89. The molecule has 148 valence electrons. The number of anilines is 1. The first-order valence-corrected chi connectivity index (χ1v) is 8.89. The molecule has 2 heterocycles. The number of hydrogen-bond donors (Lipinski definition) is 2. The van der Waals surface area contributed by atoms with Gasteiger partial charge in [-0.25, -0.2) is 9.07 Å². The Morgan fingerprint density at radius 1 is 1.31 bits per heavy atom. The van der Waals surface area contributed by atoms with Gasteiger partial charge in [0.1, 0.15) is 23.3 Å². The number of nitriles is 1. The van der Waals surface area contributed by atoms with Crippen molar-refractivity contribution >= 4 is 11.7 Å². The maximum atomic E-state index is 13.1. The van der Waals surface area contributed by atoms with Crippen molar-refractivity contribution in [1.82, 2.24) is 19.7 Å². The third kappa shape index (κ3) is 4.32. The van der Waals surface area contributed by atoms with E-state index in [1.807, 2.05) is 6.07 Å². The van der Waals surface area contributed by atoms with Crippen LogP contribution in [-0.4, -0.2) is 26.8 Å². The summed E-state index contributed by atoms with van der Waals surface area (Å²) in [4.78, 5) is 23.7. The van der Waals surface area contributed by atoms with E-state index in [1.54, 1.807) is 13.1 Å². The van der Waals surface area contributed by atoms with Gasteiger partial charge >= 0.3 is 0 Å². The van der Waals surface area contributed by atoms with E-state index in [9.17, 15) is 19.2 Å². The first-order chi connectivity index (χ1) is 13.9. The van der Waals surface area contributed by atoms with E-state index < -0.39 is 0 Å². The summed E-state index contributed by atoms with van der Waals surface area (Å²) in [7, 11) is 1.60. The molecule has 1 aromatic carbocycles. The van der Waals surface area contributed by atoms with E-state index in [0.29, 0.717) is 30.8 Å². The number of nitrogens with one attached hydrogen (secondary N) is 1. The molecule has 8 nitrogen and oxygen atoms in total. The van der Waals surface area contributed by atoms with Gasteiger partial charge in [-0.3, -0.25) is 9.59 Å². The molecule has 0 aliphatic carbocycles. The van der Waals surface area contributed by atoms with Crippen LogP contribution in [0.15, 0.2) is 47.4 Å². The fourth-order valence-electron chi connectivity index (χ4n) is 2.80. The molecule has 0 aliphatic heterocycles. The number of carbonyl (C=O) groups excluding carboxylic acids is 1. The fraction of sp³-hybridized carbons (Fsp3) is 0.200. The van der Waals surface area contributed by atoms with Gasteiger partial charge in [-0.2, -0.15) is 10.4 Å². The van der Waals surface area contributed by atoms with Crippen molar-refractivity contribution < 1.29 is 9.18 Å². The Morgan fingerprint density at radius 3 is 2.69 bits per heavy atom. The maximum Gasteiger partial charge on any atom is 0.251 e. The Kier molecular flexibility index (Phi) is 5.74. The van der Waals surface area contributed by atoms with E-state index >= 15 is 0 Å². The summed E-state index contributed by atoms with van der Waals surface area (Å²) in [5.74, 6) is -0.551. The molecule has 0 fully saturated rings. The predicted octanol–water partition coefficient (Wildman–Crippen LogP) is 1.53. The molecule has 1 amide bonds. The largest absolute Gasteiger partial charge is 0.382 e. The zero-order chi connectivity index (χ0) is 21.0. The third-order valence-corrected chi connectivity index (χ3v) is 4.42. The quantitative estimate of drug-likeness (QED) is 0.615. The summed E-state index contributed by atoms with van der Waals surface area (Å²) in [6.45, 7) is 0.336. The van der Waals surface area contributed by atoms with E-state index in [1.165, 1.54) is 45.8 Å². The van der Waals surface area contributed by atoms with Crippen LogP contribution in [0.5, 0.6) is 0 Å². The number of hydrogen-bond acceptors (Lipinski definition) is 5. The van der Waals surface area contributed by atoms with Crippen LogP contribution in [0.25, 0.3) is 5.69 Å². The number of aryl methyl sites for hydroxylation is 2. The van der Waals surface area contributed by atoms with Crippen molar-refractivity contribution in [3.8, 4) is 11.8 Å². The molecule has 0 saturated carbocycles. The molecule has 0 spiro atoms. The Bertz CT molecular complexity index is 1140. The molecule has 0 radical (unpaired) electrons. The molecule has 0 aliphatic rings. The molecule has 2 aromatic heterocycles. The van der Waals surface area contributed by atoms with Crippen LogP contribution in [0.4, 0.5) is 10.2 Å². The Balaban J connectivity index is 1.64. The molecule has 29 heavy (non-hydrogen) atoms. The minimum Gasteiger partial charge on any atom is -0.382 e. The van der Waals surface area contributed by atoms with Crippen LogP contribution in [0.2, 0.25) is 0 Å². The minimum absolute atomic E-state index is 0.179. The molecule has 9 heteroatoms. The molecule has 0 bridgehead atoms. The van der Waals surface area contributed by atoms with Gasteiger partial charge in [-0.05, 0) is 43.2 Å². The van der Waals surface area contributed by atoms with Crippen LogP contribution in [0.3, 0.4) is 0 Å². The number of aromatic nitrogens is 3. The van der Waals surface area contributed by atoms with Crippen molar-refractivity contribution in [2.45, 2.75) is 12.8 Å². The third-order valence-electron chi connectivity index (χ3n) is 4.42. The normalized spacial score (nSPS) is 10.5. The second kappa shape index (κ2) is 8.39. The fourth-order valence-corrected chi connectivity index (χ4v) is 2.80. The zero-order valence-electron chi connectivity index (χ0n) is 15.7. The number of amides is 1. The van der Waals surface area contributed by atoms with Gasteiger partial charge in [0.05, 0.1) is 11.4 Å². The highest BCUT2D eigenvalue weighted by atomic mass is 19.1. The summed E-state index contributed by atoms with van der Waals surface area (Å²) in [6.07, 6.45) is 2.46. The number of halogens is 1. The standard InChI is InChI=1S/C20H19FN6O2/c1-26-10-8-13(11-18(26)28)20(29)24-9-2-3-17-16(12-22)19(23)27(25-17)15-6-4-14(21)5-7-15/h4-8,10-11H,2-3,9,23H2,1H3,(H,24,29). The number of pyridine rings is 1. The predicted molar refractivity (Wildman–Crippen MR) is 105 cm³/mol. The summed E-state index contributed by atoms with van der Waals surface area (Å²) in [6, 6.07) is 10.5. The Hall–Kier alpha value is -3.93. The number of benzene rings is 1. The van der Waals surface area contributed by atoms with Gasteiger partial charge in [0, 0.05) is 31.4 Å². The van der Waals surface area contributed by atoms with Crippen LogP contribution < -0.4 is 16.6 Å². The molecule has 0 unspecified atom stereocenters. The Labute approximate surface area is 166 Å². The molecular formula is C20H19FN6O2. The topological polar surface area (TPSA) is 119 Å². The Morgan fingerprint density at radius 2 is 2.03 bits per heavy atom. The van der Waals surface area contributed by atoms with E-state index in [-0.39, 0.29) is 34.2 Å².